The molecule has 0 radical (unpaired) electrons. The van der Waals surface area contributed by atoms with Crippen molar-refractivity contribution in [3.8, 4) is 0 Å². The van der Waals surface area contributed by atoms with Crippen LogP contribution in [0.2, 0.25) is 0 Å². The minimum Gasteiger partial charge on any atom is -0.395 e. The molecule has 6 heteroatoms. The molecule has 6 nitrogen and oxygen atoms in total. The number of aryl methyl sites for hydroxylation is 1. The Bertz CT molecular complexity index is 812. The van der Waals surface area contributed by atoms with Crippen LogP contribution in [-0.4, -0.2) is 39.8 Å². The van der Waals surface area contributed by atoms with Gasteiger partial charge in [-0.2, -0.15) is 0 Å². The number of hydrogen-bond acceptors (Lipinski definition) is 5. The van der Waals surface area contributed by atoms with Crippen molar-refractivity contribution in [3.63, 3.8) is 0 Å². The van der Waals surface area contributed by atoms with Crippen LogP contribution in [0, 0.1) is 0 Å². The van der Waals surface area contributed by atoms with E-state index < -0.39 is 0 Å². The number of nitrogens with one attached hydrogen (secondary N) is 1. The number of pyridine rings is 1. The lowest BCUT2D eigenvalue weighted by Gasteiger charge is -2.19. The summed E-state index contributed by atoms with van der Waals surface area (Å²) in [7, 11) is 3.96. The van der Waals surface area contributed by atoms with Gasteiger partial charge in [-0.3, -0.25) is 0 Å². The Morgan fingerprint density at radius 3 is 2.71 bits per heavy atom. The predicted molar refractivity (Wildman–Crippen MR) is 97.3 cm³/mol. The highest BCUT2D eigenvalue weighted by Crippen LogP contribution is 2.22. The molecule has 1 atom stereocenters. The lowest BCUT2D eigenvalue weighted by molar-refractivity contribution is 0.304. The Morgan fingerprint density at radius 2 is 2.04 bits per heavy atom. The van der Waals surface area contributed by atoms with Gasteiger partial charge >= 0.3 is 0 Å². The number of hydrogen-bond donors (Lipinski definition) is 2. The number of rotatable bonds is 6. The highest BCUT2D eigenvalue weighted by Gasteiger charge is 2.14. The van der Waals surface area contributed by atoms with E-state index in [2.05, 4.69) is 27.9 Å². The van der Waals surface area contributed by atoms with Gasteiger partial charge in [0.2, 0.25) is 0 Å². The predicted octanol–water partition coefficient (Wildman–Crippen LogP) is 2.57. The fraction of sp³-hybridized carbons (Fsp3) is 0.333. The lowest BCUT2D eigenvalue weighted by Crippen LogP contribution is -2.21. The molecular formula is C18H23N5O. The van der Waals surface area contributed by atoms with Crippen LogP contribution in [0.15, 0.2) is 42.6 Å². The Morgan fingerprint density at radius 1 is 1.25 bits per heavy atom. The second-order valence-electron chi connectivity index (χ2n) is 5.93. The molecule has 0 bridgehead atoms. The van der Waals surface area contributed by atoms with Crippen LogP contribution >= 0.6 is 0 Å². The van der Waals surface area contributed by atoms with E-state index in [1.54, 1.807) is 6.20 Å². The van der Waals surface area contributed by atoms with E-state index in [1.807, 2.05) is 49.3 Å². The van der Waals surface area contributed by atoms with Gasteiger partial charge in [0.15, 0.2) is 0 Å². The number of para-hydroxylation sites is 2. The molecule has 2 heterocycles. The van der Waals surface area contributed by atoms with Crippen LogP contribution in [-0.2, 0) is 7.05 Å². The average molecular weight is 325 g/mol. The summed E-state index contributed by atoms with van der Waals surface area (Å²) in [5, 5.41) is 12.4. The van der Waals surface area contributed by atoms with E-state index in [1.165, 1.54) is 0 Å². The van der Waals surface area contributed by atoms with Gasteiger partial charge in [-0.1, -0.05) is 12.1 Å². The van der Waals surface area contributed by atoms with E-state index in [4.69, 9.17) is 10.1 Å². The molecule has 3 rings (SSSR count). The summed E-state index contributed by atoms with van der Waals surface area (Å²) in [6, 6.07) is 12.1. The Labute approximate surface area is 141 Å². The quantitative estimate of drug-likeness (QED) is 0.729. The number of benzene rings is 1. The van der Waals surface area contributed by atoms with Crippen molar-refractivity contribution in [1.29, 1.82) is 0 Å². The maximum Gasteiger partial charge on any atom is 0.131 e. The van der Waals surface area contributed by atoms with E-state index in [-0.39, 0.29) is 12.6 Å². The Kier molecular flexibility index (Phi) is 4.66. The van der Waals surface area contributed by atoms with Crippen LogP contribution in [0.1, 0.15) is 18.8 Å². The molecule has 0 spiro atoms. The zero-order chi connectivity index (χ0) is 17.1. The Hall–Kier alpha value is -2.60. The molecular weight excluding hydrogens is 302 g/mol. The monoisotopic (exact) mass is 325 g/mol. The van der Waals surface area contributed by atoms with Crippen molar-refractivity contribution in [2.75, 3.05) is 30.4 Å². The highest BCUT2D eigenvalue weighted by atomic mass is 16.3. The largest absolute Gasteiger partial charge is 0.395 e. The second-order valence-corrected chi connectivity index (χ2v) is 5.93. The van der Waals surface area contributed by atoms with Gasteiger partial charge < -0.3 is 19.9 Å². The molecule has 1 unspecified atom stereocenters. The lowest BCUT2D eigenvalue weighted by atomic mass is 10.3. The molecule has 0 amide bonds. The van der Waals surface area contributed by atoms with Crippen molar-refractivity contribution < 1.29 is 5.11 Å². The molecule has 0 aliphatic heterocycles. The molecule has 0 saturated carbocycles. The van der Waals surface area contributed by atoms with Crippen molar-refractivity contribution in [3.05, 3.63) is 48.4 Å². The first-order valence-electron chi connectivity index (χ1n) is 8.06. The highest BCUT2D eigenvalue weighted by molar-refractivity contribution is 5.76. The molecule has 0 aliphatic rings. The SMILES string of the molecule is CC(Nc1ccc(N(C)CCO)cn1)c1nc2ccccc2n1C. The van der Waals surface area contributed by atoms with Gasteiger partial charge in [0.25, 0.3) is 0 Å². The third-order valence-corrected chi connectivity index (χ3v) is 4.20. The van der Waals surface area contributed by atoms with Crippen LogP contribution in [0.4, 0.5) is 11.5 Å². The van der Waals surface area contributed by atoms with E-state index in [0.29, 0.717) is 6.54 Å². The topological polar surface area (TPSA) is 66.2 Å². The van der Waals surface area contributed by atoms with Gasteiger partial charge in [-0.15, -0.1) is 0 Å². The summed E-state index contributed by atoms with van der Waals surface area (Å²) >= 11 is 0. The van der Waals surface area contributed by atoms with Crippen LogP contribution in [0.3, 0.4) is 0 Å². The van der Waals surface area contributed by atoms with Crippen LogP contribution in [0.25, 0.3) is 11.0 Å². The summed E-state index contributed by atoms with van der Waals surface area (Å²) < 4.78 is 2.11. The minimum atomic E-state index is 0.0379. The maximum atomic E-state index is 9.00. The van der Waals surface area contributed by atoms with Crippen molar-refractivity contribution >= 4 is 22.5 Å². The molecule has 2 N–H and O–H groups in total. The smallest absolute Gasteiger partial charge is 0.131 e. The van der Waals surface area contributed by atoms with Crippen molar-refractivity contribution in [1.82, 2.24) is 14.5 Å². The fourth-order valence-corrected chi connectivity index (χ4v) is 2.81. The van der Waals surface area contributed by atoms with Crippen molar-refractivity contribution in [2.45, 2.75) is 13.0 Å². The number of fused-ring (bicyclic) bond motifs is 1. The third-order valence-electron chi connectivity index (χ3n) is 4.20. The third kappa shape index (κ3) is 3.19. The number of aliphatic hydroxyl groups excluding tert-OH is 1. The van der Waals surface area contributed by atoms with Crippen molar-refractivity contribution in [2.24, 2.45) is 7.05 Å². The number of anilines is 2. The summed E-state index contributed by atoms with van der Waals surface area (Å²) in [5.41, 5.74) is 3.10. The Balaban J connectivity index is 1.76. The first kappa shape index (κ1) is 16.3. The molecule has 0 saturated heterocycles. The number of nitrogens with zero attached hydrogens (tertiary/aromatic N) is 4. The molecule has 0 fully saturated rings. The first-order chi connectivity index (χ1) is 11.6. The van der Waals surface area contributed by atoms with E-state index in [9.17, 15) is 0 Å². The van der Waals surface area contributed by atoms with E-state index in [0.717, 1.165) is 28.4 Å². The average Bonchev–Trinajstić information content (AvgIpc) is 2.93. The molecule has 1 aromatic carbocycles. The van der Waals surface area contributed by atoms with Gasteiger partial charge in [0.05, 0.1) is 35.6 Å². The summed E-state index contributed by atoms with van der Waals surface area (Å²) in [6.07, 6.45) is 1.81. The molecule has 24 heavy (non-hydrogen) atoms. The molecule has 3 aromatic rings. The summed E-state index contributed by atoms with van der Waals surface area (Å²) in [6.45, 7) is 2.79. The summed E-state index contributed by atoms with van der Waals surface area (Å²) in [4.78, 5) is 11.1. The molecule has 0 aliphatic carbocycles. The zero-order valence-electron chi connectivity index (χ0n) is 14.3. The molecule has 2 aromatic heterocycles. The van der Waals surface area contributed by atoms with Gasteiger partial charge in [-0.05, 0) is 31.2 Å². The van der Waals surface area contributed by atoms with Gasteiger partial charge in [0.1, 0.15) is 11.6 Å². The standard InChI is InChI=1S/C18H23N5O/c1-13(18-21-15-6-4-5-7-16(15)23(18)3)20-17-9-8-14(12-19-17)22(2)10-11-24/h4-9,12-13,24H,10-11H2,1-3H3,(H,19,20). The minimum absolute atomic E-state index is 0.0379. The van der Waals surface area contributed by atoms with E-state index >= 15 is 0 Å². The van der Waals surface area contributed by atoms with Crippen LogP contribution < -0.4 is 10.2 Å². The first-order valence-corrected chi connectivity index (χ1v) is 8.06. The van der Waals surface area contributed by atoms with Gasteiger partial charge in [-0.25, -0.2) is 9.97 Å². The number of aromatic nitrogens is 3. The number of imidazole rings is 1. The normalized spacial score (nSPS) is 12.3. The second kappa shape index (κ2) is 6.88. The summed E-state index contributed by atoms with van der Waals surface area (Å²) in [5.74, 6) is 1.77. The number of likely N-dealkylation sites (N-methyl/N-ethyl adjacent to an activating group) is 1. The zero-order valence-corrected chi connectivity index (χ0v) is 14.3. The molecule has 126 valence electrons. The maximum absolute atomic E-state index is 9.00. The number of aliphatic hydroxyl groups is 1. The van der Waals surface area contributed by atoms with Gasteiger partial charge in [0, 0.05) is 20.6 Å². The van der Waals surface area contributed by atoms with Crippen LogP contribution in [0.5, 0.6) is 0 Å². The fourth-order valence-electron chi connectivity index (χ4n) is 2.81.